The summed E-state index contributed by atoms with van der Waals surface area (Å²) < 4.78 is 27.8. The minimum absolute atomic E-state index is 0.103. The fraction of sp³-hybridized carbons (Fsp3) is 0.208. The van der Waals surface area contributed by atoms with Crippen molar-refractivity contribution in [1.82, 2.24) is 5.32 Å². The molecular formula is C24H26N2O3S. The molecule has 0 fully saturated rings. The summed E-state index contributed by atoms with van der Waals surface area (Å²) in [6.45, 7) is 2.31. The first-order valence-electron chi connectivity index (χ1n) is 9.99. The van der Waals surface area contributed by atoms with Gasteiger partial charge in [0.25, 0.3) is 10.0 Å². The van der Waals surface area contributed by atoms with Gasteiger partial charge in [0.2, 0.25) is 5.91 Å². The van der Waals surface area contributed by atoms with Gasteiger partial charge in [0.15, 0.2) is 0 Å². The minimum Gasteiger partial charge on any atom is -0.354 e. The molecular weight excluding hydrogens is 396 g/mol. The van der Waals surface area contributed by atoms with Crippen LogP contribution in [0, 0.1) is 0 Å². The molecule has 0 bridgehead atoms. The summed E-state index contributed by atoms with van der Waals surface area (Å²) in [7, 11) is -3.75. The van der Waals surface area contributed by atoms with E-state index in [2.05, 4.69) is 5.32 Å². The number of benzene rings is 3. The number of carbonyl (C=O) groups excluding carboxylic acids is 1. The maximum Gasteiger partial charge on any atom is 0.264 e. The number of anilines is 1. The number of hydrogen-bond donors (Lipinski definition) is 1. The highest BCUT2D eigenvalue weighted by Gasteiger charge is 2.25. The summed E-state index contributed by atoms with van der Waals surface area (Å²) in [5, 5.41) is 2.91. The molecule has 3 rings (SSSR count). The summed E-state index contributed by atoms with van der Waals surface area (Å²) in [5.41, 5.74) is 1.51. The number of sulfonamides is 1. The molecule has 0 aliphatic carbocycles. The maximum atomic E-state index is 13.2. The number of nitrogens with one attached hydrogen (secondary N) is 1. The zero-order valence-electron chi connectivity index (χ0n) is 16.9. The van der Waals surface area contributed by atoms with Crippen molar-refractivity contribution >= 4 is 21.6 Å². The molecule has 0 radical (unpaired) electrons. The van der Waals surface area contributed by atoms with Crippen LogP contribution in [-0.4, -0.2) is 27.4 Å². The second kappa shape index (κ2) is 10.1. The highest BCUT2D eigenvalue weighted by molar-refractivity contribution is 7.92. The van der Waals surface area contributed by atoms with Crippen molar-refractivity contribution in [2.75, 3.05) is 17.4 Å². The van der Waals surface area contributed by atoms with Gasteiger partial charge in [0, 0.05) is 6.54 Å². The summed E-state index contributed by atoms with van der Waals surface area (Å²) in [4.78, 5) is 13.0. The van der Waals surface area contributed by atoms with E-state index in [0.29, 0.717) is 12.1 Å². The average molecular weight is 423 g/mol. The molecule has 1 amide bonds. The molecule has 0 aromatic heterocycles. The van der Waals surface area contributed by atoms with Gasteiger partial charge in [-0.25, -0.2) is 8.42 Å². The Morgan fingerprint density at radius 3 is 1.97 bits per heavy atom. The van der Waals surface area contributed by atoms with Crippen molar-refractivity contribution in [3.63, 3.8) is 0 Å². The van der Waals surface area contributed by atoms with Gasteiger partial charge in [-0.1, -0.05) is 73.7 Å². The highest BCUT2D eigenvalue weighted by Crippen LogP contribution is 2.23. The quantitative estimate of drug-likeness (QED) is 0.562. The SMILES string of the molecule is CCC(C(=O)NCCN(c1ccccc1)S(=O)(=O)c1ccccc1)c1ccccc1. The van der Waals surface area contributed by atoms with Gasteiger partial charge in [0.1, 0.15) is 0 Å². The molecule has 0 saturated carbocycles. The van der Waals surface area contributed by atoms with Gasteiger partial charge in [-0.05, 0) is 36.2 Å². The van der Waals surface area contributed by atoms with Crippen LogP contribution in [0.2, 0.25) is 0 Å². The Morgan fingerprint density at radius 2 is 1.40 bits per heavy atom. The van der Waals surface area contributed by atoms with Gasteiger partial charge in [0.05, 0.1) is 23.0 Å². The molecule has 0 heterocycles. The minimum atomic E-state index is -3.75. The third-order valence-corrected chi connectivity index (χ3v) is 6.76. The van der Waals surface area contributed by atoms with E-state index in [1.807, 2.05) is 43.3 Å². The number of amides is 1. The maximum absolute atomic E-state index is 13.2. The summed E-state index contributed by atoms with van der Waals surface area (Å²) >= 11 is 0. The molecule has 0 aliphatic rings. The Kier molecular flexibility index (Phi) is 7.25. The fourth-order valence-corrected chi connectivity index (χ4v) is 4.85. The molecule has 30 heavy (non-hydrogen) atoms. The van der Waals surface area contributed by atoms with Crippen LogP contribution >= 0.6 is 0 Å². The Balaban J connectivity index is 1.76. The van der Waals surface area contributed by atoms with E-state index in [1.165, 1.54) is 4.31 Å². The third-order valence-electron chi connectivity index (χ3n) is 4.92. The first-order chi connectivity index (χ1) is 14.5. The van der Waals surface area contributed by atoms with Gasteiger partial charge < -0.3 is 5.32 Å². The average Bonchev–Trinajstić information content (AvgIpc) is 2.79. The fourth-order valence-electron chi connectivity index (χ4n) is 3.36. The summed E-state index contributed by atoms with van der Waals surface area (Å²) in [6, 6.07) is 26.9. The molecule has 6 heteroatoms. The third kappa shape index (κ3) is 5.07. The van der Waals surface area contributed by atoms with Crippen LogP contribution in [0.1, 0.15) is 24.8 Å². The monoisotopic (exact) mass is 422 g/mol. The predicted octanol–water partition coefficient (Wildman–Crippen LogP) is 4.19. The van der Waals surface area contributed by atoms with E-state index in [0.717, 1.165) is 5.56 Å². The standard InChI is InChI=1S/C24H26N2O3S/c1-2-23(20-12-6-3-7-13-20)24(27)25-18-19-26(21-14-8-4-9-15-21)30(28,29)22-16-10-5-11-17-22/h3-17,23H,2,18-19H2,1H3,(H,25,27). The van der Waals surface area contributed by atoms with Crippen LogP contribution in [0.25, 0.3) is 0 Å². The first-order valence-corrected chi connectivity index (χ1v) is 11.4. The molecule has 1 N–H and O–H groups in total. The van der Waals surface area contributed by atoms with Gasteiger partial charge >= 0.3 is 0 Å². The van der Waals surface area contributed by atoms with Crippen LogP contribution in [0.4, 0.5) is 5.69 Å². The molecule has 0 spiro atoms. The van der Waals surface area contributed by atoms with Crippen molar-refractivity contribution in [3.8, 4) is 0 Å². The van der Waals surface area contributed by atoms with E-state index in [1.54, 1.807) is 54.6 Å². The van der Waals surface area contributed by atoms with Crippen molar-refractivity contribution in [2.24, 2.45) is 0 Å². The lowest BCUT2D eigenvalue weighted by Crippen LogP contribution is -2.40. The van der Waals surface area contributed by atoms with Crippen LogP contribution < -0.4 is 9.62 Å². The largest absolute Gasteiger partial charge is 0.354 e. The van der Waals surface area contributed by atoms with E-state index >= 15 is 0 Å². The number of para-hydroxylation sites is 1. The normalized spacial score (nSPS) is 12.2. The molecule has 0 aliphatic heterocycles. The van der Waals surface area contributed by atoms with Crippen LogP contribution in [0.15, 0.2) is 95.9 Å². The Morgan fingerprint density at radius 1 is 0.867 bits per heavy atom. The first kappa shape index (κ1) is 21.6. The lowest BCUT2D eigenvalue weighted by molar-refractivity contribution is -0.122. The van der Waals surface area contributed by atoms with E-state index < -0.39 is 10.0 Å². The molecule has 3 aromatic rings. The zero-order chi connectivity index (χ0) is 21.4. The van der Waals surface area contributed by atoms with Crippen molar-refractivity contribution < 1.29 is 13.2 Å². The highest BCUT2D eigenvalue weighted by atomic mass is 32.2. The Bertz CT molecular complexity index is 1040. The smallest absolute Gasteiger partial charge is 0.264 e. The number of hydrogen-bond acceptors (Lipinski definition) is 3. The molecule has 5 nitrogen and oxygen atoms in total. The predicted molar refractivity (Wildman–Crippen MR) is 120 cm³/mol. The summed E-state index contributed by atoms with van der Waals surface area (Å²) in [5.74, 6) is -0.365. The second-order valence-electron chi connectivity index (χ2n) is 6.89. The lowest BCUT2D eigenvalue weighted by atomic mass is 9.96. The number of nitrogens with zero attached hydrogens (tertiary/aromatic N) is 1. The number of carbonyl (C=O) groups is 1. The lowest BCUT2D eigenvalue weighted by Gasteiger charge is -2.25. The van der Waals surface area contributed by atoms with Crippen LogP contribution in [0.5, 0.6) is 0 Å². The summed E-state index contributed by atoms with van der Waals surface area (Å²) in [6.07, 6.45) is 0.667. The van der Waals surface area contributed by atoms with Gasteiger partial charge in [-0.3, -0.25) is 9.10 Å². The molecule has 1 atom stereocenters. The van der Waals surface area contributed by atoms with E-state index in [4.69, 9.17) is 0 Å². The Hall–Kier alpha value is -3.12. The van der Waals surface area contributed by atoms with E-state index in [9.17, 15) is 13.2 Å². The van der Waals surface area contributed by atoms with Gasteiger partial charge in [-0.2, -0.15) is 0 Å². The van der Waals surface area contributed by atoms with E-state index in [-0.39, 0.29) is 29.8 Å². The molecule has 156 valence electrons. The van der Waals surface area contributed by atoms with Crippen LogP contribution in [-0.2, 0) is 14.8 Å². The second-order valence-corrected chi connectivity index (χ2v) is 8.75. The topological polar surface area (TPSA) is 66.5 Å². The van der Waals surface area contributed by atoms with Crippen molar-refractivity contribution in [1.29, 1.82) is 0 Å². The van der Waals surface area contributed by atoms with Gasteiger partial charge in [-0.15, -0.1) is 0 Å². The Labute approximate surface area is 178 Å². The molecule has 3 aromatic carbocycles. The number of rotatable bonds is 9. The molecule has 1 unspecified atom stereocenters. The molecule has 0 saturated heterocycles. The van der Waals surface area contributed by atoms with Crippen molar-refractivity contribution in [3.05, 3.63) is 96.6 Å². The van der Waals surface area contributed by atoms with Crippen molar-refractivity contribution in [2.45, 2.75) is 24.2 Å². The zero-order valence-corrected chi connectivity index (χ0v) is 17.8. The van der Waals surface area contributed by atoms with Crippen LogP contribution in [0.3, 0.4) is 0 Å².